The number of halogens is 2. The number of anilines is 2. The van der Waals surface area contributed by atoms with Crippen LogP contribution in [0.4, 0.5) is 21.0 Å². The zero-order chi connectivity index (χ0) is 28.6. The van der Waals surface area contributed by atoms with Gasteiger partial charge in [-0.05, 0) is 54.8 Å². The molecule has 3 aromatic carbocycles. The highest BCUT2D eigenvalue weighted by Crippen LogP contribution is 2.37. The van der Waals surface area contributed by atoms with E-state index in [1.54, 1.807) is 48.2 Å². The van der Waals surface area contributed by atoms with Crippen molar-refractivity contribution in [1.29, 1.82) is 0 Å². The number of carbonyl (C=O) groups is 3. The van der Waals surface area contributed by atoms with Gasteiger partial charge in [0.15, 0.2) is 0 Å². The Morgan fingerprint density at radius 2 is 1.75 bits per heavy atom. The fraction of sp³-hybridized carbons (Fsp3) is 0.233. The molecule has 208 valence electrons. The van der Waals surface area contributed by atoms with E-state index in [0.717, 1.165) is 18.4 Å². The van der Waals surface area contributed by atoms with Gasteiger partial charge in [0.05, 0.1) is 34.6 Å². The Labute approximate surface area is 243 Å². The summed E-state index contributed by atoms with van der Waals surface area (Å²) in [5, 5.41) is 9.20. The molecule has 0 spiro atoms. The average Bonchev–Trinajstić information content (AvgIpc) is 2.94. The minimum atomic E-state index is -0.810. The molecule has 0 saturated carbocycles. The number of esters is 1. The van der Waals surface area contributed by atoms with Crippen LogP contribution >= 0.6 is 23.2 Å². The molecule has 40 heavy (non-hydrogen) atoms. The number of nitrogens with one attached hydrogen (secondary N) is 3. The second-order valence-corrected chi connectivity index (χ2v) is 9.91. The van der Waals surface area contributed by atoms with Gasteiger partial charge in [-0.1, -0.05) is 79.0 Å². The molecule has 0 saturated heterocycles. The van der Waals surface area contributed by atoms with Crippen molar-refractivity contribution in [3.63, 3.8) is 0 Å². The molecule has 1 aliphatic rings. The number of amides is 4. The standard InChI is InChI=1S/C30H30Cl2N4O4/c1-3-5-16-36-27(19-10-7-6-8-11-19)25(28(37)40-4-2)26(35-30(36)39)20-12-9-13-22(17-20)33-29(38)34-24-15-14-21(31)18-23(24)32/h6-15,17-18,26H,3-5,16H2,1-2H3,(H,35,39)(H2,33,34,38)/t26-/m1/s1. The van der Waals surface area contributed by atoms with Crippen LogP contribution in [0.25, 0.3) is 5.70 Å². The van der Waals surface area contributed by atoms with Gasteiger partial charge in [-0.2, -0.15) is 0 Å². The van der Waals surface area contributed by atoms with Gasteiger partial charge in [0.2, 0.25) is 0 Å². The Balaban J connectivity index is 1.72. The lowest BCUT2D eigenvalue weighted by Gasteiger charge is -2.37. The van der Waals surface area contributed by atoms with Crippen LogP contribution in [0.15, 0.2) is 78.4 Å². The molecular formula is C30H30Cl2N4O4. The van der Waals surface area contributed by atoms with Crippen LogP contribution in [-0.2, 0) is 9.53 Å². The Kier molecular flexibility index (Phi) is 9.69. The third-order valence-corrected chi connectivity index (χ3v) is 6.81. The average molecular weight is 582 g/mol. The number of nitrogens with zero attached hydrogens (tertiary/aromatic N) is 1. The molecule has 4 amide bonds. The van der Waals surface area contributed by atoms with Gasteiger partial charge >= 0.3 is 18.0 Å². The van der Waals surface area contributed by atoms with Crippen LogP contribution in [0.5, 0.6) is 0 Å². The van der Waals surface area contributed by atoms with Crippen LogP contribution in [0.2, 0.25) is 10.0 Å². The SMILES string of the molecule is CCCCN1C(=O)N[C@H](c2cccc(NC(=O)Nc3ccc(Cl)cc3Cl)c2)C(C(=O)OCC)=C1c1ccccc1. The third kappa shape index (κ3) is 6.76. The first-order chi connectivity index (χ1) is 19.3. The monoisotopic (exact) mass is 580 g/mol. The van der Waals surface area contributed by atoms with Crippen LogP contribution in [-0.4, -0.2) is 36.1 Å². The Hall–Kier alpha value is -4.01. The van der Waals surface area contributed by atoms with Crippen molar-refractivity contribution in [1.82, 2.24) is 10.2 Å². The van der Waals surface area contributed by atoms with Gasteiger partial charge in [-0.25, -0.2) is 14.4 Å². The number of unbranched alkanes of at least 4 members (excludes halogenated alkanes) is 1. The Bertz CT molecular complexity index is 1430. The van der Waals surface area contributed by atoms with E-state index in [4.69, 9.17) is 27.9 Å². The number of carbonyl (C=O) groups excluding carboxylic acids is 3. The maximum Gasteiger partial charge on any atom is 0.338 e. The lowest BCUT2D eigenvalue weighted by atomic mass is 9.91. The summed E-state index contributed by atoms with van der Waals surface area (Å²) >= 11 is 12.1. The molecule has 8 nitrogen and oxygen atoms in total. The van der Waals surface area contributed by atoms with E-state index < -0.39 is 18.0 Å². The van der Waals surface area contributed by atoms with Gasteiger partial charge in [-0.15, -0.1) is 0 Å². The van der Waals surface area contributed by atoms with Crippen LogP contribution < -0.4 is 16.0 Å². The Morgan fingerprint density at radius 1 is 0.975 bits per heavy atom. The summed E-state index contributed by atoms with van der Waals surface area (Å²) < 4.78 is 5.48. The van der Waals surface area contributed by atoms with Gasteiger partial charge in [-0.3, -0.25) is 4.90 Å². The van der Waals surface area contributed by atoms with E-state index in [1.165, 1.54) is 6.07 Å². The molecule has 0 fully saturated rings. The quantitative estimate of drug-likeness (QED) is 0.228. The lowest BCUT2D eigenvalue weighted by molar-refractivity contribution is -0.138. The molecule has 10 heteroatoms. The summed E-state index contributed by atoms with van der Waals surface area (Å²) in [6, 6.07) is 19.4. The largest absolute Gasteiger partial charge is 0.463 e. The van der Waals surface area contributed by atoms with Gasteiger partial charge in [0.1, 0.15) is 0 Å². The maximum absolute atomic E-state index is 13.5. The van der Waals surface area contributed by atoms with E-state index >= 15 is 0 Å². The lowest BCUT2D eigenvalue weighted by Crippen LogP contribution is -2.48. The van der Waals surface area contributed by atoms with Crippen molar-refractivity contribution in [2.75, 3.05) is 23.8 Å². The molecule has 0 aliphatic carbocycles. The molecule has 0 unspecified atom stereocenters. The fourth-order valence-electron chi connectivity index (χ4n) is 4.44. The highest BCUT2D eigenvalue weighted by molar-refractivity contribution is 6.36. The summed E-state index contributed by atoms with van der Waals surface area (Å²) in [6.45, 7) is 4.40. The number of ether oxygens (including phenoxy) is 1. The van der Waals surface area contributed by atoms with Crippen molar-refractivity contribution >= 4 is 58.3 Å². The second-order valence-electron chi connectivity index (χ2n) is 9.07. The first kappa shape index (κ1) is 29.0. The van der Waals surface area contributed by atoms with Gasteiger partial charge in [0.25, 0.3) is 0 Å². The normalized spacial score (nSPS) is 14.9. The molecule has 3 N–H and O–H groups in total. The molecule has 4 rings (SSSR count). The van der Waals surface area contributed by atoms with E-state index in [1.807, 2.05) is 37.3 Å². The Morgan fingerprint density at radius 3 is 2.45 bits per heavy atom. The topological polar surface area (TPSA) is 99.8 Å². The number of hydrogen-bond donors (Lipinski definition) is 3. The zero-order valence-electron chi connectivity index (χ0n) is 22.2. The first-order valence-corrected chi connectivity index (χ1v) is 13.8. The van der Waals surface area contributed by atoms with Crippen LogP contribution in [0.3, 0.4) is 0 Å². The fourth-order valence-corrected chi connectivity index (χ4v) is 4.89. The number of benzene rings is 3. The number of urea groups is 2. The van der Waals surface area contributed by atoms with Crippen molar-refractivity contribution in [2.24, 2.45) is 0 Å². The first-order valence-electron chi connectivity index (χ1n) is 13.0. The molecule has 1 heterocycles. The van der Waals surface area contributed by atoms with E-state index in [9.17, 15) is 14.4 Å². The second kappa shape index (κ2) is 13.4. The minimum absolute atomic E-state index is 0.176. The summed E-state index contributed by atoms with van der Waals surface area (Å²) in [4.78, 5) is 41.2. The van der Waals surface area contributed by atoms with Crippen LogP contribution in [0, 0.1) is 0 Å². The van der Waals surface area contributed by atoms with E-state index in [0.29, 0.717) is 44.8 Å². The maximum atomic E-state index is 13.5. The molecule has 0 aromatic heterocycles. The van der Waals surface area contributed by atoms with E-state index in [2.05, 4.69) is 16.0 Å². The minimum Gasteiger partial charge on any atom is -0.463 e. The summed E-state index contributed by atoms with van der Waals surface area (Å²) in [5.74, 6) is -0.527. The number of hydrogen-bond acceptors (Lipinski definition) is 4. The molecule has 0 bridgehead atoms. The predicted molar refractivity (Wildman–Crippen MR) is 158 cm³/mol. The third-order valence-electron chi connectivity index (χ3n) is 6.26. The smallest absolute Gasteiger partial charge is 0.338 e. The highest BCUT2D eigenvalue weighted by atomic mass is 35.5. The number of rotatable bonds is 9. The van der Waals surface area contributed by atoms with Crippen molar-refractivity contribution in [2.45, 2.75) is 32.7 Å². The molecule has 0 radical (unpaired) electrons. The molecule has 3 aromatic rings. The van der Waals surface area contributed by atoms with Crippen molar-refractivity contribution in [3.8, 4) is 0 Å². The van der Waals surface area contributed by atoms with Gasteiger partial charge in [0, 0.05) is 17.3 Å². The van der Waals surface area contributed by atoms with Crippen molar-refractivity contribution in [3.05, 3.63) is 99.5 Å². The zero-order valence-corrected chi connectivity index (χ0v) is 23.7. The molecular weight excluding hydrogens is 551 g/mol. The highest BCUT2D eigenvalue weighted by Gasteiger charge is 2.38. The van der Waals surface area contributed by atoms with Crippen molar-refractivity contribution < 1.29 is 19.1 Å². The predicted octanol–water partition coefficient (Wildman–Crippen LogP) is 7.48. The molecule has 1 aliphatic heterocycles. The van der Waals surface area contributed by atoms with E-state index in [-0.39, 0.29) is 12.6 Å². The summed E-state index contributed by atoms with van der Waals surface area (Å²) in [5.41, 5.74) is 3.00. The molecule has 1 atom stereocenters. The van der Waals surface area contributed by atoms with Gasteiger partial charge < -0.3 is 20.7 Å². The summed E-state index contributed by atoms with van der Waals surface area (Å²) in [7, 11) is 0. The summed E-state index contributed by atoms with van der Waals surface area (Å²) in [6.07, 6.45) is 1.64. The van der Waals surface area contributed by atoms with Crippen LogP contribution in [0.1, 0.15) is 43.9 Å².